The van der Waals surface area contributed by atoms with E-state index in [0.29, 0.717) is 17.5 Å². The van der Waals surface area contributed by atoms with Crippen LogP contribution in [0.3, 0.4) is 0 Å². The molecule has 22 nitrogen and oxygen atoms in total. The Morgan fingerprint density at radius 2 is 0.627 bits per heavy atom. The van der Waals surface area contributed by atoms with Gasteiger partial charge in [0.2, 0.25) is 5.79 Å². The lowest BCUT2D eigenvalue weighted by Gasteiger charge is -2.37. The molecule has 0 saturated heterocycles. The van der Waals surface area contributed by atoms with Gasteiger partial charge in [0.05, 0.1) is 46.2 Å². The Balaban J connectivity index is 0. The highest BCUT2D eigenvalue weighted by Gasteiger charge is 2.40. The molecule has 102 heavy (non-hydrogen) atoms. The third kappa shape index (κ3) is 54.8. The van der Waals surface area contributed by atoms with Crippen molar-refractivity contribution in [2.24, 2.45) is 0 Å². The topological polar surface area (TPSA) is 234 Å². The molecular formula is C80H132O22. The van der Waals surface area contributed by atoms with E-state index in [9.17, 15) is 19.2 Å². The number of hydrogen-bond acceptors (Lipinski definition) is 22. The third-order valence-corrected chi connectivity index (χ3v) is 12.0. The van der Waals surface area contributed by atoms with Crippen LogP contribution in [0, 0.1) is 0 Å². The van der Waals surface area contributed by atoms with Crippen LogP contribution < -0.4 is 0 Å². The number of carbonyl (C=O) groups is 4. The van der Waals surface area contributed by atoms with Crippen LogP contribution in [0.5, 0.6) is 0 Å². The molecule has 4 aromatic rings. The molecule has 0 aliphatic heterocycles. The Morgan fingerprint density at radius 3 is 0.882 bits per heavy atom. The zero-order valence-corrected chi connectivity index (χ0v) is 68.2. The summed E-state index contributed by atoms with van der Waals surface area (Å²) in [4.78, 5) is 135. The number of hydrogen-bond donors (Lipinski definition) is 0. The summed E-state index contributed by atoms with van der Waals surface area (Å²) in [5, 5.41) is 0. The Labute approximate surface area is 612 Å². The van der Waals surface area contributed by atoms with E-state index in [-0.39, 0.29) is 33.6 Å². The first-order valence-corrected chi connectivity index (χ1v) is 34.8. The maximum absolute atomic E-state index is 11.5. The van der Waals surface area contributed by atoms with Gasteiger partial charge < -0.3 is 0 Å². The lowest BCUT2D eigenvalue weighted by Crippen LogP contribution is -2.42. The third-order valence-electron chi connectivity index (χ3n) is 12.0. The molecule has 5 rings (SSSR count). The fourth-order valence-corrected chi connectivity index (χ4v) is 7.79. The molecule has 0 unspecified atom stereocenters. The average molecular weight is 1450 g/mol. The molecule has 0 bridgehead atoms. The molecule has 0 N–H and O–H groups in total. The summed E-state index contributed by atoms with van der Waals surface area (Å²) < 4.78 is 0. The quantitative estimate of drug-likeness (QED) is 0.0381. The maximum atomic E-state index is 11.5. The molecule has 1 saturated carbocycles. The van der Waals surface area contributed by atoms with Crippen molar-refractivity contribution in [3.8, 4) is 0 Å². The van der Waals surface area contributed by atoms with Crippen molar-refractivity contribution in [2.75, 3.05) is 7.11 Å². The van der Waals surface area contributed by atoms with Gasteiger partial charge in [0.1, 0.15) is 33.6 Å². The Kier molecular flexibility index (Phi) is 43.9. The van der Waals surface area contributed by atoms with Crippen LogP contribution in [0.1, 0.15) is 298 Å². The Morgan fingerprint density at radius 1 is 0.333 bits per heavy atom. The molecule has 4 aromatic carbocycles. The molecule has 0 atom stereocenters. The van der Waals surface area contributed by atoms with Crippen LogP contribution in [-0.2, 0) is 109 Å². The summed E-state index contributed by atoms with van der Waals surface area (Å²) >= 11 is 0. The molecule has 584 valence electrons. The van der Waals surface area contributed by atoms with Crippen molar-refractivity contribution in [2.45, 2.75) is 333 Å². The minimum atomic E-state index is -0.751. The smallest absolute Gasteiger partial charge is 0.298 e. The van der Waals surface area contributed by atoms with Gasteiger partial charge in [0.25, 0.3) is 0 Å². The second-order valence-corrected chi connectivity index (χ2v) is 33.0. The summed E-state index contributed by atoms with van der Waals surface area (Å²) in [5.41, 5.74) is -1.40. The fourth-order valence-electron chi connectivity index (χ4n) is 7.79. The van der Waals surface area contributed by atoms with Crippen molar-refractivity contribution in [1.29, 1.82) is 0 Å². The van der Waals surface area contributed by atoms with Gasteiger partial charge in [-0.1, -0.05) is 117 Å². The van der Waals surface area contributed by atoms with Gasteiger partial charge >= 0.3 is 23.9 Å². The van der Waals surface area contributed by atoms with Crippen molar-refractivity contribution >= 4 is 23.9 Å². The molecule has 0 spiro atoms. The zero-order chi connectivity index (χ0) is 79.1. The predicted octanol–water partition coefficient (Wildman–Crippen LogP) is 20.7. The largest absolute Gasteiger partial charge is 0.386 e. The Hall–Kier alpha value is -5.80. The fraction of sp³-hybridized carbons (Fsp3) is 0.650. The minimum Gasteiger partial charge on any atom is -0.298 e. The van der Waals surface area contributed by atoms with Crippen molar-refractivity contribution in [1.82, 2.24) is 0 Å². The van der Waals surface area contributed by atoms with Crippen LogP contribution in [0.2, 0.25) is 0 Å². The molecule has 1 fully saturated rings. The summed E-state index contributed by atoms with van der Waals surface area (Å²) in [7, 11) is 1.51. The zero-order valence-electron chi connectivity index (χ0n) is 68.2. The van der Waals surface area contributed by atoms with Crippen LogP contribution in [0.4, 0.5) is 0 Å². The molecule has 1 aliphatic rings. The van der Waals surface area contributed by atoms with Gasteiger partial charge in [-0.15, -0.1) is 0 Å². The standard InChI is InChI=1S/C18H22O2.C15H32O4.C14H10O4.C14H28O4.C8H16O3.C6H12O3.C5H12O2/c1-17(2,15-11-7-5-8-12-15)19-20-18(3,4)16-13-9-6-10-14-16;1-12(2,3)16-18-14(7,8)11-15(9,10)19-17-13(4,5)6;15-13(11-7-3-1-4-8-11)17-18-14(16)12-9-5-2-6-10-12;1-12(2,3)15-17-14(10-8-7-9-11-14)18-16-13(4,5)6;1-5-6-8(3,4)11-10-7(2)9;1-5(7)8-9-6(2,3)4;1-5(2,3)7-6-4/h5-14H,1-4H3;11H2,1-10H3;1-10H;7-11H2,1-6H3;5-6H2,1-4H3;1-4H3;1-4H3. The van der Waals surface area contributed by atoms with Crippen LogP contribution >= 0.6 is 0 Å². The summed E-state index contributed by atoms with van der Waals surface area (Å²) in [6, 6.07) is 36.7. The van der Waals surface area contributed by atoms with E-state index in [1.807, 2.05) is 234 Å². The van der Waals surface area contributed by atoms with Gasteiger partial charge in [0.15, 0.2) is 0 Å². The second-order valence-electron chi connectivity index (χ2n) is 33.0. The van der Waals surface area contributed by atoms with E-state index >= 15 is 0 Å². The van der Waals surface area contributed by atoms with E-state index in [0.717, 1.165) is 49.7 Å². The molecule has 0 amide bonds. The first-order valence-electron chi connectivity index (χ1n) is 34.8. The second kappa shape index (κ2) is 45.5. The molecule has 0 radical (unpaired) electrons. The van der Waals surface area contributed by atoms with Crippen molar-refractivity contribution in [3.63, 3.8) is 0 Å². The van der Waals surface area contributed by atoms with E-state index in [4.69, 9.17) is 58.7 Å². The van der Waals surface area contributed by atoms with Crippen LogP contribution in [-0.4, -0.2) is 87.2 Å². The van der Waals surface area contributed by atoms with Gasteiger partial charge in [0, 0.05) is 33.1 Å². The molecule has 22 heteroatoms. The van der Waals surface area contributed by atoms with E-state index in [1.54, 1.807) is 81.4 Å². The summed E-state index contributed by atoms with van der Waals surface area (Å²) in [5.74, 6) is -3.00. The van der Waals surface area contributed by atoms with Gasteiger partial charge in [-0.3, -0.25) is 9.78 Å². The average Bonchev–Trinajstić information content (AvgIpc) is 0.887. The maximum Gasteiger partial charge on any atom is 0.386 e. The van der Waals surface area contributed by atoms with Crippen LogP contribution in [0.15, 0.2) is 121 Å². The highest BCUT2D eigenvalue weighted by molar-refractivity contribution is 5.92. The molecule has 0 heterocycles. The van der Waals surface area contributed by atoms with E-state index < -0.39 is 57.7 Å². The lowest BCUT2D eigenvalue weighted by molar-refractivity contribution is -0.545. The van der Waals surface area contributed by atoms with Crippen molar-refractivity contribution in [3.05, 3.63) is 144 Å². The summed E-state index contributed by atoms with van der Waals surface area (Å²) in [6.45, 7) is 59.0. The number of carbonyl (C=O) groups excluding carboxylic acids is 4. The Bertz CT molecular complexity index is 2710. The number of rotatable bonds is 23. The van der Waals surface area contributed by atoms with Crippen molar-refractivity contribution < 1.29 is 107 Å². The van der Waals surface area contributed by atoms with Gasteiger partial charge in [-0.25, -0.2) is 77.8 Å². The minimum absolute atomic E-state index is 0.172. The highest BCUT2D eigenvalue weighted by atomic mass is 17.3. The molecule has 1 aliphatic carbocycles. The monoisotopic (exact) mass is 1440 g/mol. The molecule has 0 aromatic heterocycles. The number of benzene rings is 4. The highest BCUT2D eigenvalue weighted by Crippen LogP contribution is 2.36. The first kappa shape index (κ1) is 98.3. The van der Waals surface area contributed by atoms with Crippen LogP contribution in [0.25, 0.3) is 0 Å². The van der Waals surface area contributed by atoms with Gasteiger partial charge in [-0.2, -0.15) is 19.6 Å². The van der Waals surface area contributed by atoms with E-state index in [1.165, 1.54) is 27.4 Å². The SMILES string of the molecule is CC(=O)OOC(C)(C)C.CC(C)(C)OOC(C)(C)CC(C)(C)OOC(C)(C)C.CC(C)(C)OOC1(OOC(C)(C)C)CCCCC1.CC(C)(OOC(C)(C)c1ccccc1)c1ccccc1.CCCC(C)(C)OOC(C)=O.COOC(C)(C)C.O=C(OOC(=O)c1ccccc1)c1ccccc1. The van der Waals surface area contributed by atoms with Gasteiger partial charge in [-0.05, 0) is 249 Å². The molecular weight excluding hydrogens is 1310 g/mol. The normalized spacial score (nSPS) is 13.6. The first-order chi connectivity index (χ1) is 46.4. The summed E-state index contributed by atoms with van der Waals surface area (Å²) in [6.07, 6.45) is 7.49. The van der Waals surface area contributed by atoms with E-state index in [2.05, 4.69) is 36.2 Å². The lowest BCUT2D eigenvalue weighted by atomic mass is 9.93. The predicted molar refractivity (Wildman–Crippen MR) is 393 cm³/mol.